The van der Waals surface area contributed by atoms with Crippen LogP contribution in [0.15, 0.2) is 0 Å². The van der Waals surface area contributed by atoms with E-state index in [-0.39, 0.29) is 11.9 Å². The fourth-order valence-electron chi connectivity index (χ4n) is 3.04. The lowest BCUT2D eigenvalue weighted by atomic mass is 9.96. The van der Waals surface area contributed by atoms with Crippen molar-refractivity contribution in [1.82, 2.24) is 0 Å². The molecule has 0 spiro atoms. The van der Waals surface area contributed by atoms with Crippen molar-refractivity contribution < 1.29 is 9.22 Å². The molecule has 2 nitrogen and oxygen atoms in total. The highest BCUT2D eigenvalue weighted by molar-refractivity contribution is 6.71. The van der Waals surface area contributed by atoms with Crippen molar-refractivity contribution >= 4 is 14.3 Å². The molecular weight excluding hydrogens is 312 g/mol. The second kappa shape index (κ2) is 13.9. The lowest BCUT2D eigenvalue weighted by Crippen LogP contribution is -2.32. The Morgan fingerprint density at radius 2 is 1.25 bits per heavy atom. The van der Waals surface area contributed by atoms with Gasteiger partial charge in [0.25, 0.3) is 5.97 Å². The minimum absolute atomic E-state index is 0.0198. The first kappa shape index (κ1) is 23.7. The van der Waals surface area contributed by atoms with E-state index in [9.17, 15) is 4.79 Å². The Bertz CT molecular complexity index is 309. The van der Waals surface area contributed by atoms with Gasteiger partial charge >= 0.3 is 0 Å². The van der Waals surface area contributed by atoms with Crippen LogP contribution >= 0.6 is 0 Å². The first-order valence-electron chi connectivity index (χ1n) is 10.5. The van der Waals surface area contributed by atoms with Crippen LogP contribution in [0.4, 0.5) is 0 Å². The van der Waals surface area contributed by atoms with Crippen molar-refractivity contribution in [2.45, 2.75) is 117 Å². The van der Waals surface area contributed by atoms with E-state index in [2.05, 4.69) is 33.5 Å². The molecule has 0 aliphatic heterocycles. The third-order valence-corrected chi connectivity index (χ3v) is 5.51. The van der Waals surface area contributed by atoms with Crippen LogP contribution in [-0.4, -0.2) is 14.3 Å². The molecule has 0 aromatic rings. The summed E-state index contributed by atoms with van der Waals surface area (Å²) in [5, 5.41) is 0. The van der Waals surface area contributed by atoms with E-state index in [0.29, 0.717) is 0 Å². The van der Waals surface area contributed by atoms with Crippen molar-refractivity contribution in [2.75, 3.05) is 0 Å². The molecule has 0 aliphatic carbocycles. The molecule has 2 atom stereocenters. The normalized spacial score (nSPS) is 14.4. The predicted molar refractivity (Wildman–Crippen MR) is 109 cm³/mol. The van der Waals surface area contributed by atoms with Crippen molar-refractivity contribution in [2.24, 2.45) is 11.8 Å². The van der Waals surface area contributed by atoms with E-state index in [1.54, 1.807) is 0 Å². The molecule has 0 fully saturated rings. The van der Waals surface area contributed by atoms with Crippen molar-refractivity contribution in [3.8, 4) is 0 Å². The van der Waals surface area contributed by atoms with Crippen molar-refractivity contribution in [1.29, 1.82) is 0 Å². The van der Waals surface area contributed by atoms with Gasteiger partial charge in [0.1, 0.15) is 0 Å². The Kier molecular flexibility index (Phi) is 13.7. The van der Waals surface area contributed by atoms with Crippen LogP contribution in [0.25, 0.3) is 0 Å². The summed E-state index contributed by atoms with van der Waals surface area (Å²) in [5.41, 5.74) is 0. The quantitative estimate of drug-likeness (QED) is 0.227. The van der Waals surface area contributed by atoms with E-state index in [1.807, 2.05) is 6.92 Å². The van der Waals surface area contributed by atoms with Crippen molar-refractivity contribution in [3.63, 3.8) is 0 Å². The molecule has 144 valence electrons. The molecule has 0 saturated heterocycles. The van der Waals surface area contributed by atoms with Gasteiger partial charge in [0.2, 0.25) is 8.32 Å². The summed E-state index contributed by atoms with van der Waals surface area (Å²) in [6.45, 7) is 12.9. The standard InChI is InChI=1S/C21H44O2Si/c1-7-8-16-19(2)17-14-12-10-9-11-13-15-18-20(3)21(22)23-24(4,5)6/h19-20H,7-18H2,1-6H3. The number of hydrogen-bond acceptors (Lipinski definition) is 2. The first-order chi connectivity index (χ1) is 11.3. The van der Waals surface area contributed by atoms with Crippen LogP contribution in [-0.2, 0) is 9.22 Å². The second-order valence-corrected chi connectivity index (χ2v) is 13.2. The molecule has 0 aromatic carbocycles. The van der Waals surface area contributed by atoms with Crippen molar-refractivity contribution in [3.05, 3.63) is 0 Å². The molecule has 0 rings (SSSR count). The maximum Gasteiger partial charge on any atom is 0.295 e. The molecule has 3 heteroatoms. The summed E-state index contributed by atoms with van der Waals surface area (Å²) >= 11 is 0. The zero-order chi connectivity index (χ0) is 18.4. The second-order valence-electron chi connectivity index (χ2n) is 8.73. The maximum atomic E-state index is 11.9. The van der Waals surface area contributed by atoms with Crippen LogP contribution in [0.2, 0.25) is 19.6 Å². The van der Waals surface area contributed by atoms with Gasteiger partial charge in [-0.05, 0) is 32.0 Å². The largest absolute Gasteiger partial charge is 0.520 e. The molecule has 0 bridgehead atoms. The molecule has 2 unspecified atom stereocenters. The van der Waals surface area contributed by atoms with E-state index in [4.69, 9.17) is 4.43 Å². The van der Waals surface area contributed by atoms with Gasteiger partial charge in [-0.15, -0.1) is 0 Å². The summed E-state index contributed by atoms with van der Waals surface area (Å²) in [6, 6.07) is 0. The average molecular weight is 357 g/mol. The van der Waals surface area contributed by atoms with E-state index in [0.717, 1.165) is 18.8 Å². The average Bonchev–Trinajstić information content (AvgIpc) is 2.49. The van der Waals surface area contributed by atoms with Crippen LogP contribution in [0.3, 0.4) is 0 Å². The molecule has 0 aliphatic rings. The van der Waals surface area contributed by atoms with Gasteiger partial charge in [0.15, 0.2) is 0 Å². The minimum Gasteiger partial charge on any atom is -0.520 e. The van der Waals surface area contributed by atoms with Gasteiger partial charge in [-0.3, -0.25) is 4.79 Å². The van der Waals surface area contributed by atoms with Gasteiger partial charge in [0.05, 0.1) is 5.92 Å². The number of carbonyl (C=O) groups is 1. The van der Waals surface area contributed by atoms with E-state index in [1.165, 1.54) is 64.2 Å². The molecule has 0 heterocycles. The Morgan fingerprint density at radius 3 is 1.75 bits per heavy atom. The highest BCUT2D eigenvalue weighted by Crippen LogP contribution is 2.18. The summed E-state index contributed by atoms with van der Waals surface area (Å²) in [7, 11) is -1.72. The summed E-state index contributed by atoms with van der Waals surface area (Å²) in [4.78, 5) is 11.9. The van der Waals surface area contributed by atoms with Crippen LogP contribution in [0, 0.1) is 11.8 Å². The highest BCUT2D eigenvalue weighted by atomic mass is 28.4. The zero-order valence-corrected chi connectivity index (χ0v) is 18.5. The topological polar surface area (TPSA) is 26.3 Å². The Morgan fingerprint density at radius 1 is 0.792 bits per heavy atom. The summed E-state index contributed by atoms with van der Waals surface area (Å²) in [5.74, 6) is 1.01. The monoisotopic (exact) mass is 356 g/mol. The lowest BCUT2D eigenvalue weighted by Gasteiger charge is -2.20. The molecule has 24 heavy (non-hydrogen) atoms. The van der Waals surface area contributed by atoms with E-state index >= 15 is 0 Å². The Hall–Kier alpha value is -0.313. The number of rotatable bonds is 15. The number of hydrogen-bond donors (Lipinski definition) is 0. The minimum atomic E-state index is -1.72. The molecule has 0 amide bonds. The first-order valence-corrected chi connectivity index (χ1v) is 13.9. The molecule has 0 saturated carbocycles. The molecule has 0 radical (unpaired) electrons. The molecular formula is C21H44O2Si. The molecule has 0 aromatic heterocycles. The van der Waals surface area contributed by atoms with Gasteiger partial charge in [0, 0.05) is 0 Å². The van der Waals surface area contributed by atoms with Crippen LogP contribution in [0.1, 0.15) is 97.8 Å². The van der Waals surface area contributed by atoms with Crippen LogP contribution in [0.5, 0.6) is 0 Å². The van der Waals surface area contributed by atoms with E-state index < -0.39 is 8.32 Å². The fraction of sp³-hybridized carbons (Fsp3) is 0.952. The SMILES string of the molecule is CCCCC(C)CCCCCCCCCC(C)C(=O)O[Si](C)(C)C. The van der Waals surface area contributed by atoms with Crippen LogP contribution < -0.4 is 0 Å². The lowest BCUT2D eigenvalue weighted by molar-refractivity contribution is -0.139. The maximum absolute atomic E-state index is 11.9. The summed E-state index contributed by atoms with van der Waals surface area (Å²) < 4.78 is 5.57. The predicted octanol–water partition coefficient (Wildman–Crippen LogP) is 7.34. The summed E-state index contributed by atoms with van der Waals surface area (Å²) in [6.07, 6.45) is 15.8. The zero-order valence-electron chi connectivity index (χ0n) is 17.5. The fourth-order valence-corrected chi connectivity index (χ4v) is 3.85. The number of carbonyl (C=O) groups excluding carboxylic acids is 1. The number of unbranched alkanes of at least 4 members (excludes halogenated alkanes) is 7. The third kappa shape index (κ3) is 15.2. The van der Waals surface area contributed by atoms with Gasteiger partial charge in [-0.25, -0.2) is 0 Å². The van der Waals surface area contributed by atoms with Gasteiger partial charge < -0.3 is 4.43 Å². The highest BCUT2D eigenvalue weighted by Gasteiger charge is 2.23. The van der Waals surface area contributed by atoms with Gasteiger partial charge in [-0.1, -0.05) is 91.4 Å². The Balaban J connectivity index is 3.43. The van der Waals surface area contributed by atoms with Gasteiger partial charge in [-0.2, -0.15) is 0 Å². The third-order valence-electron chi connectivity index (χ3n) is 4.69. The molecule has 0 N–H and O–H groups in total. The smallest absolute Gasteiger partial charge is 0.295 e. The Labute approximate surface area is 153 Å².